The maximum Gasteiger partial charge on any atom is 0.261 e. The number of hydrogen-bond donors (Lipinski definition) is 0. The van der Waals surface area contributed by atoms with Crippen LogP contribution in [0.1, 0.15) is 26.4 Å². The number of para-hydroxylation sites is 1. The van der Waals surface area contributed by atoms with Gasteiger partial charge >= 0.3 is 0 Å². The van der Waals surface area contributed by atoms with E-state index in [-0.39, 0.29) is 23.8 Å². The molecule has 224 valence electrons. The van der Waals surface area contributed by atoms with Crippen molar-refractivity contribution in [1.82, 2.24) is 19.9 Å². The first kappa shape index (κ1) is 29.0. The summed E-state index contributed by atoms with van der Waals surface area (Å²) < 4.78 is 24.5. The summed E-state index contributed by atoms with van der Waals surface area (Å²) in [7, 11) is 0. The smallest absolute Gasteiger partial charge is 0.261 e. The second-order valence-corrected chi connectivity index (χ2v) is 10.1. The van der Waals surface area contributed by atoms with Gasteiger partial charge in [0.2, 0.25) is 0 Å². The molecule has 0 saturated heterocycles. The van der Waals surface area contributed by atoms with E-state index in [1.807, 2.05) is 36.4 Å². The van der Waals surface area contributed by atoms with Crippen LogP contribution < -0.4 is 10.2 Å². The fourth-order valence-electron chi connectivity index (χ4n) is 4.89. The van der Waals surface area contributed by atoms with Crippen LogP contribution in [-0.2, 0) is 22.4 Å². The summed E-state index contributed by atoms with van der Waals surface area (Å²) in [6.07, 6.45) is 2.22. The van der Waals surface area contributed by atoms with Crippen molar-refractivity contribution in [3.63, 3.8) is 0 Å². The molecule has 6 rings (SSSR count). The Hall–Kier alpha value is -5.13. The van der Waals surface area contributed by atoms with Crippen LogP contribution in [0, 0.1) is 0 Å². The lowest BCUT2D eigenvalue weighted by atomic mass is 10.1. The summed E-state index contributed by atoms with van der Waals surface area (Å²) in [4.78, 5) is 38.6. The Bertz CT molecular complexity index is 1800. The average Bonchev–Trinajstić information content (AvgIpc) is 3.60. The van der Waals surface area contributed by atoms with E-state index < -0.39 is 0 Å². The van der Waals surface area contributed by atoms with Gasteiger partial charge in [0.05, 0.1) is 55.2 Å². The van der Waals surface area contributed by atoms with Crippen LogP contribution in [-0.4, -0.2) is 71.3 Å². The Morgan fingerprint density at radius 3 is 2.18 bits per heavy atom. The highest BCUT2D eigenvalue weighted by atomic mass is 16.5. The molecule has 2 aromatic heterocycles. The molecule has 0 bridgehead atoms. The molecule has 3 heterocycles. The van der Waals surface area contributed by atoms with Crippen LogP contribution in [0.25, 0.3) is 22.3 Å². The maximum absolute atomic E-state index is 12.5. The number of aromatic nitrogens is 3. The van der Waals surface area contributed by atoms with Gasteiger partial charge in [-0.1, -0.05) is 29.5 Å². The van der Waals surface area contributed by atoms with E-state index in [2.05, 4.69) is 10.3 Å². The topological polar surface area (TPSA) is 126 Å². The molecule has 0 radical (unpaired) electrons. The molecule has 11 nitrogen and oxygen atoms in total. The normalized spacial score (nSPS) is 12.7. The fourth-order valence-corrected chi connectivity index (χ4v) is 4.89. The van der Waals surface area contributed by atoms with Crippen LogP contribution in [0.4, 0.5) is 0 Å². The van der Waals surface area contributed by atoms with Crippen LogP contribution in [0.5, 0.6) is 5.75 Å². The van der Waals surface area contributed by atoms with Crippen molar-refractivity contribution in [3.8, 4) is 17.1 Å². The van der Waals surface area contributed by atoms with Crippen molar-refractivity contribution in [2.75, 3.05) is 39.6 Å². The summed E-state index contributed by atoms with van der Waals surface area (Å²) in [5.41, 5.74) is 2.84. The number of nitrogens with zero attached hydrogens (tertiary/aromatic N) is 4. The van der Waals surface area contributed by atoms with Crippen LogP contribution >= 0.6 is 0 Å². The molecule has 3 aromatic carbocycles. The number of carbonyl (C=O) groups excluding carboxylic acids is 2. The molecule has 5 aromatic rings. The van der Waals surface area contributed by atoms with Gasteiger partial charge < -0.3 is 18.6 Å². The van der Waals surface area contributed by atoms with Gasteiger partial charge in [-0.2, -0.15) is 0 Å². The van der Waals surface area contributed by atoms with Gasteiger partial charge in [0.1, 0.15) is 23.7 Å². The van der Waals surface area contributed by atoms with Crippen LogP contribution in [0.15, 0.2) is 94.3 Å². The van der Waals surface area contributed by atoms with Crippen molar-refractivity contribution in [2.24, 2.45) is 0 Å². The molecule has 0 N–H and O–H groups in total. The van der Waals surface area contributed by atoms with E-state index in [1.54, 1.807) is 47.3 Å². The Morgan fingerprint density at radius 2 is 1.41 bits per heavy atom. The highest BCUT2D eigenvalue weighted by Crippen LogP contribution is 2.25. The van der Waals surface area contributed by atoms with Crippen LogP contribution in [0.3, 0.4) is 0 Å². The number of benzene rings is 3. The van der Waals surface area contributed by atoms with E-state index in [0.29, 0.717) is 85.3 Å². The molecular formula is C33H30N4O7. The number of hydrogen-bond acceptors (Lipinski definition) is 9. The zero-order chi connectivity index (χ0) is 30.3. The number of fused-ring (bicyclic) bond motifs is 2. The summed E-state index contributed by atoms with van der Waals surface area (Å²) >= 11 is 0. The average molecular weight is 595 g/mol. The minimum Gasteiger partial charge on any atom is -0.491 e. The molecule has 1 aliphatic rings. The third-order valence-corrected chi connectivity index (χ3v) is 7.16. The first-order valence-electron chi connectivity index (χ1n) is 14.3. The number of amides is 2. The highest BCUT2D eigenvalue weighted by Gasteiger charge is 2.34. The number of imide groups is 1. The second-order valence-electron chi connectivity index (χ2n) is 10.1. The summed E-state index contributed by atoms with van der Waals surface area (Å²) in [6, 6.07) is 22.9. The second kappa shape index (κ2) is 13.4. The molecule has 2 amide bonds. The van der Waals surface area contributed by atoms with Crippen molar-refractivity contribution in [1.29, 1.82) is 0 Å². The Kier molecular flexibility index (Phi) is 8.85. The van der Waals surface area contributed by atoms with Crippen molar-refractivity contribution >= 4 is 22.8 Å². The summed E-state index contributed by atoms with van der Waals surface area (Å²) in [6.45, 7) is 2.83. The zero-order valence-corrected chi connectivity index (χ0v) is 23.9. The molecule has 0 atom stereocenters. The molecule has 0 spiro atoms. The molecule has 0 aliphatic carbocycles. The Labute approximate surface area is 252 Å². The highest BCUT2D eigenvalue weighted by molar-refractivity contribution is 6.21. The lowest BCUT2D eigenvalue weighted by molar-refractivity contribution is 0.0333. The molecule has 0 saturated carbocycles. The SMILES string of the molecule is O=C1c2ccccc2C(=O)N1CCc1cn(CCOCCOCCOc2ccc(-c3cc(=O)c4ccccc4o3)cc2)nn1. The van der Waals surface area contributed by atoms with E-state index in [0.717, 1.165) is 5.56 Å². The van der Waals surface area contributed by atoms with Gasteiger partial charge in [-0.25, -0.2) is 4.68 Å². The standard InChI is InChI=1S/C33H30N4O7/c38-29-21-31(44-30-8-4-3-7-28(29)30)23-9-11-25(12-10-23)43-20-19-42-18-17-41-16-15-36-22-24(34-35-36)13-14-37-32(39)26-5-1-2-6-27(26)33(37)40/h1-12,21-22H,13-20H2. The Morgan fingerprint density at radius 1 is 0.727 bits per heavy atom. The van der Waals surface area contributed by atoms with E-state index in [9.17, 15) is 14.4 Å². The maximum atomic E-state index is 12.5. The zero-order valence-electron chi connectivity index (χ0n) is 23.9. The predicted octanol–water partition coefficient (Wildman–Crippen LogP) is 4.00. The number of ether oxygens (including phenoxy) is 3. The van der Waals surface area contributed by atoms with Crippen molar-refractivity contribution in [3.05, 3.63) is 112 Å². The first-order chi connectivity index (χ1) is 21.6. The van der Waals surface area contributed by atoms with Gasteiger partial charge in [0.15, 0.2) is 5.43 Å². The van der Waals surface area contributed by atoms with E-state index >= 15 is 0 Å². The molecular weight excluding hydrogens is 564 g/mol. The molecule has 0 unspecified atom stereocenters. The predicted molar refractivity (Wildman–Crippen MR) is 161 cm³/mol. The van der Waals surface area contributed by atoms with E-state index in [4.69, 9.17) is 18.6 Å². The molecule has 44 heavy (non-hydrogen) atoms. The van der Waals surface area contributed by atoms with Gasteiger partial charge in [0, 0.05) is 30.8 Å². The lowest BCUT2D eigenvalue weighted by Gasteiger charge is -2.12. The minimum absolute atomic E-state index is 0.0782. The third kappa shape index (κ3) is 6.59. The largest absolute Gasteiger partial charge is 0.491 e. The van der Waals surface area contributed by atoms with Crippen LogP contribution in [0.2, 0.25) is 0 Å². The number of carbonyl (C=O) groups is 2. The Balaban J connectivity index is 0.838. The molecule has 0 fully saturated rings. The monoisotopic (exact) mass is 594 g/mol. The number of rotatable bonds is 14. The third-order valence-electron chi connectivity index (χ3n) is 7.16. The van der Waals surface area contributed by atoms with Gasteiger partial charge in [-0.3, -0.25) is 19.3 Å². The summed E-state index contributed by atoms with van der Waals surface area (Å²) in [5, 5.41) is 8.79. The first-order valence-corrected chi connectivity index (χ1v) is 14.3. The fraction of sp³-hybridized carbons (Fsp3) is 0.242. The lowest BCUT2D eigenvalue weighted by Crippen LogP contribution is -2.31. The van der Waals surface area contributed by atoms with Gasteiger partial charge in [-0.05, 0) is 48.5 Å². The quantitative estimate of drug-likeness (QED) is 0.139. The van der Waals surface area contributed by atoms with Gasteiger partial charge in [0.25, 0.3) is 11.8 Å². The molecule has 11 heteroatoms. The summed E-state index contributed by atoms with van der Waals surface area (Å²) in [5.74, 6) is 0.646. The van der Waals surface area contributed by atoms with Crippen molar-refractivity contribution < 1.29 is 28.2 Å². The van der Waals surface area contributed by atoms with Crippen molar-refractivity contribution in [2.45, 2.75) is 13.0 Å². The van der Waals surface area contributed by atoms with E-state index in [1.165, 1.54) is 11.0 Å². The van der Waals surface area contributed by atoms with Gasteiger partial charge in [-0.15, -0.1) is 5.10 Å². The molecule has 1 aliphatic heterocycles. The minimum atomic E-state index is -0.274.